The predicted octanol–water partition coefficient (Wildman–Crippen LogP) is 1.97. The number of hydrogen-bond acceptors (Lipinski definition) is 2. The lowest BCUT2D eigenvalue weighted by Gasteiger charge is -2.12. The molecular weight excluding hydrogens is 176 g/mol. The molecule has 0 saturated heterocycles. The summed E-state index contributed by atoms with van der Waals surface area (Å²) in [6.07, 6.45) is -2.66. The summed E-state index contributed by atoms with van der Waals surface area (Å²) in [6.45, 7) is 1.75. The number of phenols is 1. The van der Waals surface area contributed by atoms with E-state index in [0.29, 0.717) is 0 Å². The van der Waals surface area contributed by atoms with Gasteiger partial charge >= 0.3 is 0 Å². The first-order valence-corrected chi connectivity index (χ1v) is 3.85. The summed E-state index contributed by atoms with van der Waals surface area (Å²) < 4.78 is 24.4. The number of benzene rings is 1. The van der Waals surface area contributed by atoms with Gasteiger partial charge in [-0.05, 0) is 13.0 Å². The Morgan fingerprint density at radius 2 is 2.00 bits per heavy atom. The van der Waals surface area contributed by atoms with Crippen molar-refractivity contribution in [1.29, 1.82) is 0 Å². The first-order valence-electron chi connectivity index (χ1n) is 3.85. The van der Waals surface area contributed by atoms with Crippen LogP contribution in [0.25, 0.3) is 0 Å². The number of nitrogens with two attached hydrogens (primary N) is 1. The van der Waals surface area contributed by atoms with Crippen LogP contribution in [0.1, 0.15) is 17.2 Å². The number of halogens is 2. The molecule has 4 heteroatoms. The van der Waals surface area contributed by atoms with Gasteiger partial charge in [0, 0.05) is 5.56 Å². The largest absolute Gasteiger partial charge is 0.508 e. The van der Waals surface area contributed by atoms with Crippen LogP contribution in [0.4, 0.5) is 8.78 Å². The van der Waals surface area contributed by atoms with Crippen molar-refractivity contribution >= 4 is 0 Å². The van der Waals surface area contributed by atoms with Gasteiger partial charge < -0.3 is 10.8 Å². The highest BCUT2D eigenvalue weighted by molar-refractivity contribution is 5.38. The molecule has 0 heterocycles. The van der Waals surface area contributed by atoms with E-state index in [-0.39, 0.29) is 11.3 Å². The number of aryl methyl sites for hydroxylation is 1. The van der Waals surface area contributed by atoms with Crippen LogP contribution in [0, 0.1) is 6.92 Å². The van der Waals surface area contributed by atoms with Crippen molar-refractivity contribution in [3.8, 4) is 5.75 Å². The molecule has 1 aromatic rings. The fraction of sp³-hybridized carbons (Fsp3) is 0.333. The zero-order valence-corrected chi connectivity index (χ0v) is 7.17. The summed E-state index contributed by atoms with van der Waals surface area (Å²) in [5.41, 5.74) is 6.09. The molecule has 0 radical (unpaired) electrons. The third kappa shape index (κ3) is 2.15. The Bertz CT molecular complexity index is 302. The van der Waals surface area contributed by atoms with E-state index in [0.717, 1.165) is 5.56 Å². The molecule has 0 saturated carbocycles. The first kappa shape index (κ1) is 9.92. The van der Waals surface area contributed by atoms with E-state index in [4.69, 9.17) is 5.73 Å². The van der Waals surface area contributed by atoms with E-state index in [2.05, 4.69) is 0 Å². The maximum Gasteiger partial charge on any atom is 0.257 e. The van der Waals surface area contributed by atoms with Gasteiger partial charge in [-0.15, -0.1) is 0 Å². The number of alkyl halides is 2. The second-order valence-corrected chi connectivity index (χ2v) is 2.92. The molecule has 2 nitrogen and oxygen atoms in total. The van der Waals surface area contributed by atoms with Crippen LogP contribution >= 0.6 is 0 Å². The van der Waals surface area contributed by atoms with Gasteiger partial charge in [0.05, 0.1) is 6.04 Å². The van der Waals surface area contributed by atoms with Crippen LogP contribution in [0.2, 0.25) is 0 Å². The zero-order chi connectivity index (χ0) is 10.0. The van der Waals surface area contributed by atoms with Crippen molar-refractivity contribution in [2.45, 2.75) is 19.4 Å². The van der Waals surface area contributed by atoms with Crippen molar-refractivity contribution in [3.63, 3.8) is 0 Å². The Labute approximate surface area is 75.0 Å². The fourth-order valence-corrected chi connectivity index (χ4v) is 1.08. The van der Waals surface area contributed by atoms with Gasteiger partial charge in [-0.2, -0.15) is 0 Å². The van der Waals surface area contributed by atoms with E-state index >= 15 is 0 Å². The molecule has 0 spiro atoms. The summed E-state index contributed by atoms with van der Waals surface area (Å²) >= 11 is 0. The standard InChI is InChI=1S/C9H11F2NO/c1-5-2-3-7(13)6(4-5)8(12)9(10)11/h2-4,8-9,13H,12H2,1H3/t8-/m0/s1. The molecule has 1 aromatic carbocycles. The van der Waals surface area contributed by atoms with E-state index in [1.165, 1.54) is 12.1 Å². The Hall–Kier alpha value is -1.16. The SMILES string of the molecule is Cc1ccc(O)c([C@H](N)C(F)F)c1. The number of rotatable bonds is 2. The van der Waals surface area contributed by atoms with Gasteiger partial charge in [0.2, 0.25) is 0 Å². The van der Waals surface area contributed by atoms with E-state index < -0.39 is 12.5 Å². The zero-order valence-electron chi connectivity index (χ0n) is 7.17. The monoisotopic (exact) mass is 187 g/mol. The first-order chi connectivity index (χ1) is 6.02. The summed E-state index contributed by atoms with van der Waals surface area (Å²) in [4.78, 5) is 0. The lowest BCUT2D eigenvalue weighted by atomic mass is 10.0. The molecule has 1 rings (SSSR count). The van der Waals surface area contributed by atoms with E-state index in [1.54, 1.807) is 13.0 Å². The minimum Gasteiger partial charge on any atom is -0.508 e. The van der Waals surface area contributed by atoms with Crippen molar-refractivity contribution in [2.75, 3.05) is 0 Å². The van der Waals surface area contributed by atoms with Crippen LogP contribution in [0.5, 0.6) is 5.75 Å². The smallest absolute Gasteiger partial charge is 0.257 e. The fourth-order valence-electron chi connectivity index (χ4n) is 1.08. The maximum atomic E-state index is 12.2. The van der Waals surface area contributed by atoms with Crippen LogP contribution in [0.15, 0.2) is 18.2 Å². The molecule has 0 aliphatic rings. The van der Waals surface area contributed by atoms with Gasteiger partial charge in [-0.1, -0.05) is 17.7 Å². The molecule has 0 unspecified atom stereocenters. The molecule has 0 fully saturated rings. The third-order valence-corrected chi connectivity index (χ3v) is 1.81. The Morgan fingerprint density at radius 1 is 1.38 bits per heavy atom. The highest BCUT2D eigenvalue weighted by Gasteiger charge is 2.20. The van der Waals surface area contributed by atoms with Gasteiger partial charge in [0.15, 0.2) is 0 Å². The maximum absolute atomic E-state index is 12.2. The third-order valence-electron chi connectivity index (χ3n) is 1.81. The Kier molecular flexibility index (Phi) is 2.83. The number of phenolic OH excluding ortho intramolecular Hbond substituents is 1. The van der Waals surface area contributed by atoms with Crippen molar-refractivity contribution in [2.24, 2.45) is 5.73 Å². The highest BCUT2D eigenvalue weighted by atomic mass is 19.3. The molecule has 0 aliphatic heterocycles. The lowest BCUT2D eigenvalue weighted by molar-refractivity contribution is 0.115. The quantitative estimate of drug-likeness (QED) is 0.743. The van der Waals surface area contributed by atoms with Crippen molar-refractivity contribution in [3.05, 3.63) is 29.3 Å². The summed E-state index contributed by atoms with van der Waals surface area (Å²) in [7, 11) is 0. The molecule has 72 valence electrons. The molecule has 0 aliphatic carbocycles. The van der Waals surface area contributed by atoms with Gasteiger partial charge in [0.1, 0.15) is 5.75 Å². The average molecular weight is 187 g/mol. The minimum atomic E-state index is -2.66. The average Bonchev–Trinajstić information content (AvgIpc) is 2.08. The van der Waals surface area contributed by atoms with Gasteiger partial charge in [0.25, 0.3) is 6.43 Å². The lowest BCUT2D eigenvalue weighted by Crippen LogP contribution is -2.19. The van der Waals surface area contributed by atoms with E-state index in [1.807, 2.05) is 0 Å². The second kappa shape index (κ2) is 3.70. The normalized spacial score (nSPS) is 13.3. The summed E-state index contributed by atoms with van der Waals surface area (Å²) in [5.74, 6) is -0.182. The molecule has 3 N–H and O–H groups in total. The van der Waals surface area contributed by atoms with Gasteiger partial charge in [-0.3, -0.25) is 0 Å². The Morgan fingerprint density at radius 3 is 2.54 bits per heavy atom. The van der Waals surface area contributed by atoms with Crippen molar-refractivity contribution < 1.29 is 13.9 Å². The number of aromatic hydroxyl groups is 1. The molecule has 0 bridgehead atoms. The highest BCUT2D eigenvalue weighted by Crippen LogP contribution is 2.27. The second-order valence-electron chi connectivity index (χ2n) is 2.92. The Balaban J connectivity index is 3.05. The van der Waals surface area contributed by atoms with Crippen LogP contribution < -0.4 is 5.73 Å². The van der Waals surface area contributed by atoms with Crippen LogP contribution in [0.3, 0.4) is 0 Å². The van der Waals surface area contributed by atoms with Gasteiger partial charge in [-0.25, -0.2) is 8.78 Å². The van der Waals surface area contributed by atoms with Crippen molar-refractivity contribution in [1.82, 2.24) is 0 Å². The summed E-state index contributed by atoms with van der Waals surface area (Å²) in [5, 5.41) is 9.24. The molecule has 13 heavy (non-hydrogen) atoms. The molecule has 0 aromatic heterocycles. The molecular formula is C9H11F2NO. The summed E-state index contributed by atoms with van der Waals surface area (Å²) in [6, 6.07) is 3.05. The minimum absolute atomic E-state index is 0.0926. The predicted molar refractivity (Wildman–Crippen MR) is 45.8 cm³/mol. The molecule has 0 amide bonds. The number of hydrogen-bond donors (Lipinski definition) is 2. The van der Waals surface area contributed by atoms with Crippen LogP contribution in [-0.4, -0.2) is 11.5 Å². The topological polar surface area (TPSA) is 46.2 Å². The van der Waals surface area contributed by atoms with E-state index in [9.17, 15) is 13.9 Å². The molecule has 1 atom stereocenters. The van der Waals surface area contributed by atoms with Crippen LogP contribution in [-0.2, 0) is 0 Å².